The summed E-state index contributed by atoms with van der Waals surface area (Å²) in [7, 11) is 0. The van der Waals surface area contributed by atoms with Gasteiger partial charge in [-0.05, 0) is 19.1 Å². The molecule has 0 aliphatic carbocycles. The van der Waals surface area contributed by atoms with E-state index in [1.54, 1.807) is 6.92 Å². The zero-order chi connectivity index (χ0) is 12.4. The zero-order valence-corrected chi connectivity index (χ0v) is 8.84. The monoisotopic (exact) mass is 235 g/mol. The summed E-state index contributed by atoms with van der Waals surface area (Å²) in [5, 5.41) is 24.3. The van der Waals surface area contributed by atoms with Gasteiger partial charge in [0.25, 0.3) is 5.91 Å². The van der Waals surface area contributed by atoms with Crippen LogP contribution in [-0.2, 0) is 0 Å². The Morgan fingerprint density at radius 2 is 1.94 bits per heavy atom. The second-order valence-corrected chi connectivity index (χ2v) is 3.34. The number of rotatable bonds is 2. The normalized spacial score (nSPS) is 10.2. The Balaban J connectivity index is 2.19. The highest BCUT2D eigenvalue weighted by Gasteiger charge is 2.12. The number of aromatic nitrogens is 2. The van der Waals surface area contributed by atoms with Crippen molar-refractivity contribution >= 4 is 11.9 Å². The summed E-state index contributed by atoms with van der Waals surface area (Å²) in [6.07, 6.45) is 0. The van der Waals surface area contributed by atoms with E-state index >= 15 is 0 Å². The van der Waals surface area contributed by atoms with Crippen LogP contribution in [0.25, 0.3) is 0 Å². The minimum Gasteiger partial charge on any atom is -0.508 e. The van der Waals surface area contributed by atoms with E-state index in [1.165, 1.54) is 12.1 Å². The van der Waals surface area contributed by atoms with E-state index in [4.69, 9.17) is 4.52 Å². The number of carbonyl (C=O) groups is 1. The molecule has 0 atom stereocenters. The number of aryl methyl sites for hydroxylation is 1. The maximum Gasteiger partial charge on any atom is 0.328 e. The molecule has 1 heterocycles. The van der Waals surface area contributed by atoms with Gasteiger partial charge >= 0.3 is 6.01 Å². The summed E-state index contributed by atoms with van der Waals surface area (Å²) in [5.41, 5.74) is 0.0818. The smallest absolute Gasteiger partial charge is 0.328 e. The zero-order valence-electron chi connectivity index (χ0n) is 8.84. The maximum absolute atomic E-state index is 11.7. The Hall–Kier alpha value is -2.57. The van der Waals surface area contributed by atoms with Crippen molar-refractivity contribution in [1.82, 2.24) is 10.1 Å². The fourth-order valence-corrected chi connectivity index (χ4v) is 1.24. The van der Waals surface area contributed by atoms with Crippen molar-refractivity contribution in [2.75, 3.05) is 5.32 Å². The second kappa shape index (κ2) is 4.12. The maximum atomic E-state index is 11.7. The molecule has 3 N–H and O–H groups in total. The third-order valence-corrected chi connectivity index (χ3v) is 1.91. The van der Waals surface area contributed by atoms with Crippen molar-refractivity contribution in [3.8, 4) is 11.5 Å². The molecule has 7 nitrogen and oxygen atoms in total. The molecule has 0 saturated heterocycles. The lowest BCUT2D eigenvalue weighted by Crippen LogP contribution is -2.11. The molecule has 7 heteroatoms. The Bertz CT molecular complexity index is 544. The van der Waals surface area contributed by atoms with Crippen molar-refractivity contribution in [3.63, 3.8) is 0 Å². The quantitative estimate of drug-likeness (QED) is 0.717. The Morgan fingerprint density at radius 3 is 2.47 bits per heavy atom. The molecule has 17 heavy (non-hydrogen) atoms. The van der Waals surface area contributed by atoms with Gasteiger partial charge in [0.1, 0.15) is 11.5 Å². The molecule has 0 radical (unpaired) electrons. The number of amides is 1. The Kier molecular flexibility index (Phi) is 2.65. The third kappa shape index (κ3) is 2.51. The molecule has 0 fully saturated rings. The third-order valence-electron chi connectivity index (χ3n) is 1.91. The number of phenols is 2. The number of benzene rings is 1. The van der Waals surface area contributed by atoms with E-state index in [9.17, 15) is 15.0 Å². The van der Waals surface area contributed by atoms with Crippen molar-refractivity contribution in [1.29, 1.82) is 0 Å². The van der Waals surface area contributed by atoms with Crippen LogP contribution in [0.15, 0.2) is 22.7 Å². The number of phenolic OH excluding ortho intramolecular Hbond substituents is 2. The van der Waals surface area contributed by atoms with Gasteiger partial charge in [-0.15, -0.1) is 0 Å². The standard InChI is InChI=1S/C10H9N3O4/c1-5-11-10(17-13-5)12-9(16)6-2-7(14)4-8(15)3-6/h2-4,14-15H,1H3,(H,11,12,13,16). The predicted molar refractivity (Wildman–Crippen MR) is 56.8 cm³/mol. The molecule has 1 aromatic carbocycles. The highest BCUT2D eigenvalue weighted by atomic mass is 16.5. The van der Waals surface area contributed by atoms with Gasteiger partial charge < -0.3 is 14.7 Å². The number of aromatic hydroxyl groups is 2. The fraction of sp³-hybridized carbons (Fsp3) is 0.100. The van der Waals surface area contributed by atoms with Crippen LogP contribution in [0.5, 0.6) is 11.5 Å². The number of nitrogens with one attached hydrogen (secondary N) is 1. The van der Waals surface area contributed by atoms with Gasteiger partial charge in [0.2, 0.25) is 0 Å². The van der Waals surface area contributed by atoms with Gasteiger partial charge in [-0.3, -0.25) is 10.1 Å². The summed E-state index contributed by atoms with van der Waals surface area (Å²) in [5.74, 6) is -0.604. The first-order valence-electron chi connectivity index (χ1n) is 4.69. The van der Waals surface area contributed by atoms with Gasteiger partial charge in [-0.1, -0.05) is 5.16 Å². The number of hydrogen-bond acceptors (Lipinski definition) is 6. The fourth-order valence-electron chi connectivity index (χ4n) is 1.24. The van der Waals surface area contributed by atoms with Crippen LogP contribution < -0.4 is 5.32 Å². The Morgan fingerprint density at radius 1 is 1.29 bits per heavy atom. The lowest BCUT2D eigenvalue weighted by molar-refractivity contribution is 0.102. The number of nitrogens with zero attached hydrogens (tertiary/aromatic N) is 2. The van der Waals surface area contributed by atoms with Crippen LogP contribution in [-0.4, -0.2) is 26.3 Å². The average molecular weight is 235 g/mol. The molecule has 0 aliphatic heterocycles. The lowest BCUT2D eigenvalue weighted by Gasteiger charge is -2.02. The first-order valence-corrected chi connectivity index (χ1v) is 4.69. The summed E-state index contributed by atoms with van der Waals surface area (Å²) in [6, 6.07) is 3.49. The molecule has 0 spiro atoms. The minimum absolute atomic E-state index is 0.0460. The summed E-state index contributed by atoms with van der Waals surface area (Å²) < 4.78 is 4.70. The van der Waals surface area contributed by atoms with Crippen molar-refractivity contribution in [2.24, 2.45) is 0 Å². The summed E-state index contributed by atoms with van der Waals surface area (Å²) >= 11 is 0. The molecule has 88 valence electrons. The van der Waals surface area contributed by atoms with Crippen LogP contribution in [0.2, 0.25) is 0 Å². The number of anilines is 1. The largest absolute Gasteiger partial charge is 0.508 e. The molecule has 2 aromatic rings. The van der Waals surface area contributed by atoms with Gasteiger partial charge in [0.05, 0.1) is 0 Å². The summed E-state index contributed by atoms with van der Waals surface area (Å²) in [6.45, 7) is 1.61. The van der Waals surface area contributed by atoms with Crippen molar-refractivity contribution in [3.05, 3.63) is 29.6 Å². The van der Waals surface area contributed by atoms with Crippen LogP contribution in [0.1, 0.15) is 16.2 Å². The van der Waals surface area contributed by atoms with Crippen LogP contribution >= 0.6 is 0 Å². The molecule has 0 bridgehead atoms. The first kappa shape index (κ1) is 10.9. The van der Waals surface area contributed by atoms with Crippen LogP contribution in [0.4, 0.5) is 6.01 Å². The topological polar surface area (TPSA) is 108 Å². The molecule has 1 amide bonds. The molecule has 1 aromatic heterocycles. The van der Waals surface area contributed by atoms with Gasteiger partial charge in [0, 0.05) is 11.6 Å². The first-order chi connectivity index (χ1) is 8.04. The molecule has 0 saturated carbocycles. The van der Waals surface area contributed by atoms with Gasteiger partial charge in [-0.25, -0.2) is 0 Å². The van der Waals surface area contributed by atoms with Gasteiger partial charge in [0.15, 0.2) is 5.82 Å². The summed E-state index contributed by atoms with van der Waals surface area (Å²) in [4.78, 5) is 15.5. The van der Waals surface area contributed by atoms with E-state index in [0.29, 0.717) is 5.82 Å². The molecular weight excluding hydrogens is 226 g/mol. The second-order valence-electron chi connectivity index (χ2n) is 3.34. The average Bonchev–Trinajstić information content (AvgIpc) is 2.62. The SMILES string of the molecule is Cc1noc(NC(=O)c2cc(O)cc(O)c2)n1. The molecule has 0 aliphatic rings. The molecule has 0 unspecified atom stereocenters. The predicted octanol–water partition coefficient (Wildman–Crippen LogP) is 1.04. The van der Waals surface area contributed by atoms with Crippen molar-refractivity contribution in [2.45, 2.75) is 6.92 Å². The Labute approximate surface area is 95.7 Å². The van der Waals surface area contributed by atoms with E-state index in [-0.39, 0.29) is 23.1 Å². The lowest BCUT2D eigenvalue weighted by atomic mass is 10.2. The van der Waals surface area contributed by atoms with E-state index < -0.39 is 5.91 Å². The van der Waals surface area contributed by atoms with E-state index in [1.807, 2.05) is 0 Å². The minimum atomic E-state index is -0.570. The highest BCUT2D eigenvalue weighted by Crippen LogP contribution is 2.20. The highest BCUT2D eigenvalue weighted by molar-refractivity contribution is 6.03. The molecular formula is C10H9N3O4. The van der Waals surface area contributed by atoms with E-state index in [0.717, 1.165) is 6.07 Å². The van der Waals surface area contributed by atoms with Crippen LogP contribution in [0.3, 0.4) is 0 Å². The van der Waals surface area contributed by atoms with E-state index in [2.05, 4.69) is 15.5 Å². The van der Waals surface area contributed by atoms with Crippen LogP contribution in [0, 0.1) is 6.92 Å². The molecule has 2 rings (SSSR count). The van der Waals surface area contributed by atoms with Crippen molar-refractivity contribution < 1.29 is 19.5 Å². The van der Waals surface area contributed by atoms with Gasteiger partial charge in [-0.2, -0.15) is 4.98 Å². The number of carbonyl (C=O) groups excluding carboxylic acids is 1. The number of hydrogen-bond donors (Lipinski definition) is 3.